The number of nitro benzene ring substituents is 1. The van der Waals surface area contributed by atoms with Gasteiger partial charge in [-0.25, -0.2) is 4.39 Å². The van der Waals surface area contributed by atoms with E-state index in [2.05, 4.69) is 0 Å². The Bertz CT molecular complexity index is 796. The summed E-state index contributed by atoms with van der Waals surface area (Å²) >= 11 is 0. The molecule has 0 radical (unpaired) electrons. The van der Waals surface area contributed by atoms with Crippen molar-refractivity contribution in [2.24, 2.45) is 0 Å². The lowest BCUT2D eigenvalue weighted by molar-refractivity contribution is -0.384. The van der Waals surface area contributed by atoms with Gasteiger partial charge in [-0.2, -0.15) is 0 Å². The Morgan fingerprint density at radius 1 is 1.16 bits per heavy atom. The average Bonchev–Trinajstić information content (AvgIpc) is 3.44. The summed E-state index contributed by atoms with van der Waals surface area (Å²) in [6, 6.07) is 12.4. The highest BCUT2D eigenvalue weighted by molar-refractivity contribution is 5.92. The van der Waals surface area contributed by atoms with Crippen LogP contribution >= 0.6 is 0 Å². The molecule has 0 saturated heterocycles. The van der Waals surface area contributed by atoms with Crippen LogP contribution in [0.25, 0.3) is 6.08 Å². The van der Waals surface area contributed by atoms with Crippen LogP contribution < -0.4 is 0 Å². The lowest BCUT2D eigenvalue weighted by Crippen LogP contribution is -2.31. The minimum atomic E-state index is -0.462. The van der Waals surface area contributed by atoms with Gasteiger partial charge in [-0.3, -0.25) is 14.9 Å². The number of nitrogens with zero attached hydrogens (tertiary/aromatic N) is 2. The molecule has 0 aromatic heterocycles. The summed E-state index contributed by atoms with van der Waals surface area (Å²) in [6.45, 7) is 0.439. The highest BCUT2D eigenvalue weighted by atomic mass is 19.1. The SMILES string of the molecule is O=C(C=Cc1ccc([N+](=O)[O-])cc1)N(Cc1ccc(F)cc1)C1CC1. The molecule has 1 aliphatic carbocycles. The van der Waals surface area contributed by atoms with Crippen molar-refractivity contribution in [3.05, 3.63) is 81.7 Å². The molecular weight excluding hydrogens is 323 g/mol. The smallest absolute Gasteiger partial charge is 0.269 e. The van der Waals surface area contributed by atoms with E-state index in [0.29, 0.717) is 6.54 Å². The summed E-state index contributed by atoms with van der Waals surface area (Å²) in [5, 5.41) is 10.6. The molecule has 0 spiro atoms. The third-order valence-electron chi connectivity index (χ3n) is 4.06. The van der Waals surface area contributed by atoms with Crippen LogP contribution in [0.3, 0.4) is 0 Å². The van der Waals surface area contributed by atoms with Gasteiger partial charge in [0.1, 0.15) is 5.82 Å². The van der Waals surface area contributed by atoms with Gasteiger partial charge in [0.25, 0.3) is 5.69 Å². The van der Waals surface area contributed by atoms with Gasteiger partial charge in [-0.05, 0) is 54.3 Å². The van der Waals surface area contributed by atoms with Crippen LogP contribution in [-0.4, -0.2) is 21.8 Å². The summed E-state index contributed by atoms with van der Waals surface area (Å²) in [7, 11) is 0. The largest absolute Gasteiger partial charge is 0.332 e. The van der Waals surface area contributed by atoms with Crippen LogP contribution in [0.5, 0.6) is 0 Å². The third kappa shape index (κ3) is 4.50. The van der Waals surface area contributed by atoms with Crippen molar-refractivity contribution in [3.8, 4) is 0 Å². The van der Waals surface area contributed by atoms with E-state index < -0.39 is 4.92 Å². The molecule has 1 fully saturated rings. The zero-order chi connectivity index (χ0) is 17.8. The maximum atomic E-state index is 13.0. The molecule has 0 aliphatic heterocycles. The van der Waals surface area contributed by atoms with Gasteiger partial charge < -0.3 is 4.90 Å². The van der Waals surface area contributed by atoms with Crippen molar-refractivity contribution in [1.29, 1.82) is 0 Å². The van der Waals surface area contributed by atoms with Crippen LogP contribution in [0.2, 0.25) is 0 Å². The molecule has 3 rings (SSSR count). The van der Waals surface area contributed by atoms with Gasteiger partial charge in [0.2, 0.25) is 5.91 Å². The van der Waals surface area contributed by atoms with Crippen molar-refractivity contribution in [2.45, 2.75) is 25.4 Å². The monoisotopic (exact) mass is 340 g/mol. The minimum absolute atomic E-state index is 0.0133. The number of nitro groups is 1. The molecule has 25 heavy (non-hydrogen) atoms. The van der Waals surface area contributed by atoms with Gasteiger partial charge in [0, 0.05) is 30.8 Å². The molecule has 1 saturated carbocycles. The maximum absolute atomic E-state index is 13.0. The molecule has 5 nitrogen and oxygen atoms in total. The van der Waals surface area contributed by atoms with E-state index in [-0.39, 0.29) is 23.5 Å². The molecule has 6 heteroatoms. The number of hydrogen-bond acceptors (Lipinski definition) is 3. The van der Waals surface area contributed by atoms with Crippen molar-refractivity contribution in [1.82, 2.24) is 4.90 Å². The molecular formula is C19H17FN2O3. The van der Waals surface area contributed by atoms with E-state index in [0.717, 1.165) is 24.0 Å². The number of hydrogen-bond donors (Lipinski definition) is 0. The van der Waals surface area contributed by atoms with E-state index in [1.54, 1.807) is 35.2 Å². The summed E-state index contributed by atoms with van der Waals surface area (Å²) in [6.07, 6.45) is 5.06. The predicted molar refractivity (Wildman–Crippen MR) is 92.1 cm³/mol. The first kappa shape index (κ1) is 16.8. The Labute approximate surface area is 144 Å². The quantitative estimate of drug-likeness (QED) is 0.454. The summed E-state index contributed by atoms with van der Waals surface area (Å²) in [5.41, 5.74) is 1.61. The molecule has 2 aromatic rings. The molecule has 0 atom stereocenters. The van der Waals surface area contributed by atoms with Crippen LogP contribution in [0.15, 0.2) is 54.6 Å². The first-order chi connectivity index (χ1) is 12.0. The molecule has 0 unspecified atom stereocenters. The van der Waals surface area contributed by atoms with E-state index in [9.17, 15) is 19.3 Å². The number of amides is 1. The zero-order valence-corrected chi connectivity index (χ0v) is 13.5. The number of carbonyl (C=O) groups excluding carboxylic acids is 1. The van der Waals surface area contributed by atoms with Gasteiger partial charge in [-0.15, -0.1) is 0 Å². The predicted octanol–water partition coefficient (Wildman–Crippen LogP) is 3.94. The van der Waals surface area contributed by atoms with Crippen molar-refractivity contribution in [3.63, 3.8) is 0 Å². The van der Waals surface area contributed by atoms with Gasteiger partial charge >= 0.3 is 0 Å². The molecule has 1 amide bonds. The second-order valence-electron chi connectivity index (χ2n) is 6.01. The Balaban J connectivity index is 1.68. The second-order valence-corrected chi connectivity index (χ2v) is 6.01. The maximum Gasteiger partial charge on any atom is 0.269 e. The average molecular weight is 340 g/mol. The van der Waals surface area contributed by atoms with Crippen molar-refractivity contribution in [2.75, 3.05) is 0 Å². The second kappa shape index (κ2) is 7.25. The number of carbonyl (C=O) groups is 1. The normalized spacial score (nSPS) is 13.8. The van der Waals surface area contributed by atoms with Gasteiger partial charge in [-0.1, -0.05) is 12.1 Å². The standard InChI is InChI=1S/C19H17FN2O3/c20-16-6-1-15(2-7-16)13-21(17-10-11-17)19(23)12-5-14-3-8-18(9-4-14)22(24)25/h1-9,12,17H,10-11,13H2. The number of non-ortho nitro benzene ring substituents is 1. The van der Waals surface area contributed by atoms with Crippen molar-refractivity contribution >= 4 is 17.7 Å². The van der Waals surface area contributed by atoms with Crippen LogP contribution in [0, 0.1) is 15.9 Å². The molecule has 128 valence electrons. The highest BCUT2D eigenvalue weighted by Gasteiger charge is 2.31. The van der Waals surface area contributed by atoms with Crippen molar-refractivity contribution < 1.29 is 14.1 Å². The van der Waals surface area contributed by atoms with Gasteiger partial charge in [0.05, 0.1) is 4.92 Å². The lowest BCUT2D eigenvalue weighted by Gasteiger charge is -2.21. The van der Waals surface area contributed by atoms with E-state index in [4.69, 9.17) is 0 Å². The number of halogens is 1. The Kier molecular flexibility index (Phi) is 4.88. The van der Waals surface area contributed by atoms with E-state index >= 15 is 0 Å². The zero-order valence-electron chi connectivity index (χ0n) is 13.5. The topological polar surface area (TPSA) is 63.4 Å². The van der Waals surface area contributed by atoms with E-state index in [1.807, 2.05) is 0 Å². The Morgan fingerprint density at radius 3 is 2.36 bits per heavy atom. The fourth-order valence-corrected chi connectivity index (χ4v) is 2.53. The fraction of sp³-hybridized carbons (Fsp3) is 0.211. The molecule has 2 aromatic carbocycles. The van der Waals surface area contributed by atoms with Crippen LogP contribution in [0.1, 0.15) is 24.0 Å². The molecule has 1 aliphatic rings. The summed E-state index contributed by atoms with van der Waals surface area (Å²) in [4.78, 5) is 24.5. The highest BCUT2D eigenvalue weighted by Crippen LogP contribution is 2.29. The van der Waals surface area contributed by atoms with Gasteiger partial charge in [0.15, 0.2) is 0 Å². The summed E-state index contributed by atoms with van der Waals surface area (Å²) in [5.74, 6) is -0.420. The fourth-order valence-electron chi connectivity index (χ4n) is 2.53. The van der Waals surface area contributed by atoms with E-state index in [1.165, 1.54) is 30.3 Å². The molecule has 0 heterocycles. The number of benzene rings is 2. The molecule has 0 N–H and O–H groups in total. The number of rotatable bonds is 6. The molecule has 0 bridgehead atoms. The first-order valence-electron chi connectivity index (χ1n) is 8.00. The van der Waals surface area contributed by atoms with Crippen LogP contribution in [0.4, 0.5) is 10.1 Å². The first-order valence-corrected chi connectivity index (χ1v) is 8.00. The Hall–Kier alpha value is -3.02. The summed E-state index contributed by atoms with van der Waals surface area (Å²) < 4.78 is 13.0. The lowest BCUT2D eigenvalue weighted by atomic mass is 10.1. The Morgan fingerprint density at radius 2 is 1.80 bits per heavy atom. The third-order valence-corrected chi connectivity index (χ3v) is 4.06. The minimum Gasteiger partial charge on any atom is -0.332 e. The van der Waals surface area contributed by atoms with Crippen LogP contribution in [-0.2, 0) is 11.3 Å².